The molecule has 0 radical (unpaired) electrons. The second kappa shape index (κ2) is 9.78. The fraction of sp³-hybridized carbons (Fsp3) is 0.273. The van der Waals surface area contributed by atoms with E-state index in [4.69, 9.17) is 0 Å². The lowest BCUT2D eigenvalue weighted by molar-refractivity contribution is -0.121. The maximum absolute atomic E-state index is 13.2. The summed E-state index contributed by atoms with van der Waals surface area (Å²) >= 11 is 0. The van der Waals surface area contributed by atoms with Crippen molar-refractivity contribution in [2.75, 3.05) is 18.1 Å². The van der Waals surface area contributed by atoms with E-state index >= 15 is 0 Å². The van der Waals surface area contributed by atoms with E-state index in [1.807, 2.05) is 30.3 Å². The summed E-state index contributed by atoms with van der Waals surface area (Å²) in [5.74, 6) is -1.10. The van der Waals surface area contributed by atoms with E-state index in [1.165, 1.54) is 19.1 Å². The number of hydrazone groups is 1. The lowest BCUT2D eigenvalue weighted by Crippen LogP contribution is -2.38. The van der Waals surface area contributed by atoms with Crippen LogP contribution in [0.25, 0.3) is 0 Å². The van der Waals surface area contributed by atoms with Crippen LogP contribution in [0.4, 0.5) is 10.1 Å². The molecule has 2 amide bonds. The van der Waals surface area contributed by atoms with E-state index in [-0.39, 0.29) is 49.2 Å². The van der Waals surface area contributed by atoms with Crippen molar-refractivity contribution in [3.63, 3.8) is 0 Å². The van der Waals surface area contributed by atoms with E-state index in [0.29, 0.717) is 5.56 Å². The van der Waals surface area contributed by atoms with Crippen LogP contribution in [0.2, 0.25) is 0 Å². The molecule has 1 aliphatic rings. The minimum atomic E-state index is -0.515. The summed E-state index contributed by atoms with van der Waals surface area (Å²) in [6.07, 6.45) is 0.284. The third-order valence-corrected chi connectivity index (χ3v) is 4.65. The first-order valence-corrected chi connectivity index (χ1v) is 9.65. The third-order valence-electron chi connectivity index (χ3n) is 4.65. The molecule has 7 nitrogen and oxygen atoms in total. The fourth-order valence-corrected chi connectivity index (χ4v) is 3.16. The molecule has 2 aromatic carbocycles. The van der Waals surface area contributed by atoms with Crippen LogP contribution in [0.5, 0.6) is 0 Å². The van der Waals surface area contributed by atoms with Gasteiger partial charge in [-0.1, -0.05) is 30.3 Å². The zero-order valence-corrected chi connectivity index (χ0v) is 16.6. The average molecular weight is 410 g/mol. The van der Waals surface area contributed by atoms with Crippen molar-refractivity contribution >= 4 is 29.0 Å². The van der Waals surface area contributed by atoms with Crippen molar-refractivity contribution in [2.24, 2.45) is 5.10 Å². The topological polar surface area (TPSA) is 90.9 Å². The van der Waals surface area contributed by atoms with Gasteiger partial charge in [0.05, 0.1) is 12.1 Å². The molecular formula is C22H23FN4O3. The molecule has 1 atom stereocenters. The summed E-state index contributed by atoms with van der Waals surface area (Å²) in [6, 6.07) is 14.5. The average Bonchev–Trinajstić information content (AvgIpc) is 3.18. The van der Waals surface area contributed by atoms with E-state index in [9.17, 15) is 18.8 Å². The lowest BCUT2D eigenvalue weighted by Gasteiger charge is -2.20. The highest BCUT2D eigenvalue weighted by molar-refractivity contribution is 6.40. The normalized spacial score (nSPS) is 15.5. The zero-order valence-electron chi connectivity index (χ0n) is 16.6. The Morgan fingerprint density at radius 3 is 2.50 bits per heavy atom. The quantitative estimate of drug-likeness (QED) is 0.650. The van der Waals surface area contributed by atoms with Crippen molar-refractivity contribution in [2.45, 2.75) is 25.8 Å². The number of benzene rings is 2. The molecule has 0 saturated carbocycles. The first kappa shape index (κ1) is 21.2. The number of ketones is 1. The van der Waals surface area contributed by atoms with Gasteiger partial charge < -0.3 is 10.6 Å². The van der Waals surface area contributed by atoms with E-state index in [1.54, 1.807) is 17.1 Å². The van der Waals surface area contributed by atoms with E-state index in [2.05, 4.69) is 15.7 Å². The number of Topliss-reactive ketones (excluding diaryl/α,β-unsaturated/α-hetero) is 1. The molecule has 3 rings (SSSR count). The molecule has 0 fully saturated rings. The van der Waals surface area contributed by atoms with Crippen LogP contribution < -0.4 is 15.6 Å². The molecular weight excluding hydrogens is 387 g/mol. The van der Waals surface area contributed by atoms with Crippen molar-refractivity contribution in [3.8, 4) is 0 Å². The van der Waals surface area contributed by atoms with Crippen LogP contribution in [0.1, 0.15) is 18.9 Å². The number of halogens is 1. The Kier molecular flexibility index (Phi) is 6.90. The monoisotopic (exact) mass is 410 g/mol. The summed E-state index contributed by atoms with van der Waals surface area (Å²) in [5, 5.41) is 11.3. The van der Waals surface area contributed by atoms with Gasteiger partial charge in [-0.2, -0.15) is 5.10 Å². The lowest BCUT2D eigenvalue weighted by atomic mass is 10.1. The van der Waals surface area contributed by atoms with Gasteiger partial charge in [0.15, 0.2) is 5.78 Å². The summed E-state index contributed by atoms with van der Waals surface area (Å²) in [6.45, 7) is 1.92. The van der Waals surface area contributed by atoms with Gasteiger partial charge in [-0.15, -0.1) is 0 Å². The molecule has 0 aromatic heterocycles. The van der Waals surface area contributed by atoms with Crippen LogP contribution in [-0.2, 0) is 20.8 Å². The van der Waals surface area contributed by atoms with Gasteiger partial charge in [0.1, 0.15) is 17.6 Å². The Bertz CT molecular complexity index is 962. The second-order valence-electron chi connectivity index (χ2n) is 6.97. The molecule has 0 bridgehead atoms. The number of hydrogen-bond acceptors (Lipinski definition) is 5. The zero-order chi connectivity index (χ0) is 21.5. The van der Waals surface area contributed by atoms with Crippen molar-refractivity contribution < 1.29 is 18.8 Å². The Hall–Kier alpha value is -3.55. The van der Waals surface area contributed by atoms with Gasteiger partial charge in [-0.3, -0.25) is 19.4 Å². The number of amides is 2. The molecule has 2 aromatic rings. The number of carbonyl (C=O) groups excluding carboxylic acids is 3. The Morgan fingerprint density at radius 1 is 1.07 bits per heavy atom. The van der Waals surface area contributed by atoms with Crippen molar-refractivity contribution in [1.29, 1.82) is 0 Å². The van der Waals surface area contributed by atoms with Crippen LogP contribution >= 0.6 is 0 Å². The number of para-hydroxylation sites is 1. The molecule has 1 unspecified atom stereocenters. The number of carbonyl (C=O) groups is 3. The Labute approximate surface area is 174 Å². The smallest absolute Gasteiger partial charge is 0.267 e. The van der Waals surface area contributed by atoms with Crippen molar-refractivity contribution in [1.82, 2.24) is 10.6 Å². The minimum Gasteiger partial charge on any atom is -0.354 e. The van der Waals surface area contributed by atoms with Crippen molar-refractivity contribution in [3.05, 3.63) is 66.0 Å². The maximum Gasteiger partial charge on any atom is 0.267 e. The largest absolute Gasteiger partial charge is 0.354 e. The molecule has 0 saturated heterocycles. The van der Waals surface area contributed by atoms with E-state index < -0.39 is 11.9 Å². The summed E-state index contributed by atoms with van der Waals surface area (Å²) < 4.78 is 13.2. The second-order valence-corrected chi connectivity index (χ2v) is 6.97. The van der Waals surface area contributed by atoms with E-state index in [0.717, 1.165) is 5.69 Å². The SMILES string of the molecule is CC(=O)C1CC(C(=O)NCCNC(=O)Cc2cccc(F)c2)=NN1c1ccccc1. The standard InChI is InChI=1S/C22H23FN4O3/c1-15(28)20-14-19(26-27(20)18-8-3-2-4-9-18)22(30)25-11-10-24-21(29)13-16-6-5-7-17(23)12-16/h2-9,12,20H,10-11,13-14H2,1H3,(H,24,29)(H,25,30). The van der Waals surface area contributed by atoms with Gasteiger partial charge in [0.25, 0.3) is 5.91 Å². The molecule has 1 heterocycles. The summed E-state index contributed by atoms with van der Waals surface area (Å²) in [5.41, 5.74) is 1.59. The Balaban J connectivity index is 1.48. The number of hydrogen-bond donors (Lipinski definition) is 2. The number of nitrogens with one attached hydrogen (secondary N) is 2. The molecule has 0 aliphatic carbocycles. The van der Waals surface area contributed by atoms with Crippen LogP contribution in [-0.4, -0.2) is 42.4 Å². The van der Waals surface area contributed by atoms with Gasteiger partial charge in [-0.25, -0.2) is 4.39 Å². The summed E-state index contributed by atoms with van der Waals surface area (Å²) in [7, 11) is 0. The highest BCUT2D eigenvalue weighted by Crippen LogP contribution is 2.24. The molecule has 30 heavy (non-hydrogen) atoms. The Morgan fingerprint density at radius 2 is 1.80 bits per heavy atom. The van der Waals surface area contributed by atoms with Crippen LogP contribution in [0, 0.1) is 5.82 Å². The number of anilines is 1. The first-order chi connectivity index (χ1) is 14.4. The molecule has 2 N–H and O–H groups in total. The van der Waals surface area contributed by atoms with Gasteiger partial charge in [0, 0.05) is 19.5 Å². The van der Waals surface area contributed by atoms with Crippen LogP contribution in [0.15, 0.2) is 59.7 Å². The minimum absolute atomic E-state index is 0.0603. The number of nitrogens with zero attached hydrogens (tertiary/aromatic N) is 2. The molecule has 8 heteroatoms. The first-order valence-electron chi connectivity index (χ1n) is 9.65. The fourth-order valence-electron chi connectivity index (χ4n) is 3.16. The number of rotatable bonds is 8. The molecule has 1 aliphatic heterocycles. The highest BCUT2D eigenvalue weighted by Gasteiger charge is 2.33. The third kappa shape index (κ3) is 5.50. The van der Waals surface area contributed by atoms with Gasteiger partial charge in [0.2, 0.25) is 5.91 Å². The van der Waals surface area contributed by atoms with Gasteiger partial charge in [-0.05, 0) is 36.8 Å². The molecule has 0 spiro atoms. The highest BCUT2D eigenvalue weighted by atomic mass is 19.1. The maximum atomic E-state index is 13.2. The predicted molar refractivity (Wildman–Crippen MR) is 112 cm³/mol. The van der Waals surface area contributed by atoms with Gasteiger partial charge >= 0.3 is 0 Å². The summed E-state index contributed by atoms with van der Waals surface area (Å²) in [4.78, 5) is 36.3. The van der Waals surface area contributed by atoms with Crippen LogP contribution in [0.3, 0.4) is 0 Å². The molecule has 156 valence electrons. The predicted octanol–water partition coefficient (Wildman–Crippen LogP) is 1.82.